The van der Waals surface area contributed by atoms with Crippen LogP contribution in [0.15, 0.2) is 11.3 Å². The lowest BCUT2D eigenvalue weighted by Crippen LogP contribution is -2.68. The number of carbonyl (C=O) groups excluding carboxylic acids is 2. The minimum absolute atomic E-state index is 0.00727. The Hall–Kier alpha value is -1.06. The van der Waals surface area contributed by atoms with Crippen LogP contribution in [0.1, 0.15) is 6.92 Å². The van der Waals surface area contributed by atoms with Crippen molar-refractivity contribution in [1.29, 1.82) is 0 Å². The summed E-state index contributed by atoms with van der Waals surface area (Å²) in [5.41, 5.74) is 5.29. The Kier molecular flexibility index (Phi) is 4.40. The van der Waals surface area contributed by atoms with Gasteiger partial charge in [-0.05, 0) is 6.92 Å². The molecule has 0 radical (unpaired) electrons. The Balaban J connectivity index is 2.26. The van der Waals surface area contributed by atoms with Crippen LogP contribution in [0.25, 0.3) is 0 Å². The topological polar surface area (TPSA) is 110 Å². The fraction of sp³-hybridized carbons (Fsp3) is 0.545. The van der Waals surface area contributed by atoms with Crippen LogP contribution >= 0.6 is 27.7 Å². The smallest absolute Gasteiger partial charge is 0.353 e. The molecule has 2 aliphatic rings. The van der Waals surface area contributed by atoms with E-state index >= 15 is 0 Å². The maximum Gasteiger partial charge on any atom is 0.353 e. The number of esters is 1. The Labute approximate surface area is 127 Å². The fourth-order valence-electron chi connectivity index (χ4n) is 1.95. The molecule has 0 aliphatic carbocycles. The monoisotopic (exact) mass is 364 g/mol. The predicted molar refractivity (Wildman–Crippen MR) is 75.1 cm³/mol. The quantitative estimate of drug-likeness (QED) is 0.407. The fourth-order valence-corrected chi connectivity index (χ4v) is 3.36. The van der Waals surface area contributed by atoms with Crippen LogP contribution in [0.2, 0.25) is 0 Å². The molecule has 2 rings (SSSR count). The molecule has 0 saturated carbocycles. The van der Waals surface area contributed by atoms with Crippen molar-refractivity contribution in [2.24, 2.45) is 5.73 Å². The van der Waals surface area contributed by atoms with Gasteiger partial charge < -0.3 is 15.6 Å². The van der Waals surface area contributed by atoms with Gasteiger partial charge in [0.2, 0.25) is 5.91 Å². The number of amides is 1. The van der Waals surface area contributed by atoms with E-state index in [-0.39, 0.29) is 28.5 Å². The second kappa shape index (κ2) is 5.74. The van der Waals surface area contributed by atoms with Gasteiger partial charge in [-0.15, -0.1) is 11.8 Å². The van der Waals surface area contributed by atoms with Gasteiger partial charge in [0.1, 0.15) is 23.7 Å². The molecule has 9 heteroatoms. The number of alkyl halides is 1. The summed E-state index contributed by atoms with van der Waals surface area (Å²) in [6.45, 7) is 1.92. The first-order chi connectivity index (χ1) is 9.34. The van der Waals surface area contributed by atoms with Crippen molar-refractivity contribution < 1.29 is 24.2 Å². The van der Waals surface area contributed by atoms with E-state index in [1.807, 2.05) is 0 Å². The van der Waals surface area contributed by atoms with Gasteiger partial charge in [0.25, 0.3) is 0 Å². The number of aliphatic carboxylic acids is 1. The van der Waals surface area contributed by atoms with Gasteiger partial charge in [-0.2, -0.15) is 0 Å². The minimum atomic E-state index is -1.32. The molecular weight excluding hydrogens is 352 g/mol. The lowest BCUT2D eigenvalue weighted by atomic mass is 10.0. The van der Waals surface area contributed by atoms with Gasteiger partial charge in [-0.1, -0.05) is 15.9 Å². The second-order valence-corrected chi connectivity index (χ2v) is 7.12. The standard InChI is InChI=1S/C11H13BrN2O5S/c1-4(12)2-19-11(18)5-3-20-9-6(13)8(15)14(9)7(5)10(16)17/h4,6,9H,2-3,13H2,1H3,(H,16,17)/t4?,6?,9-/m0/s1. The molecule has 110 valence electrons. The zero-order chi connectivity index (χ0) is 15.0. The maximum atomic E-state index is 11.9. The van der Waals surface area contributed by atoms with Gasteiger partial charge in [0.15, 0.2) is 0 Å². The summed E-state index contributed by atoms with van der Waals surface area (Å²) in [7, 11) is 0. The molecule has 3 atom stereocenters. The van der Waals surface area contributed by atoms with E-state index in [1.165, 1.54) is 11.8 Å². The van der Waals surface area contributed by atoms with Crippen LogP contribution in [-0.2, 0) is 19.1 Å². The molecule has 2 unspecified atom stereocenters. The molecular formula is C11H13BrN2O5S. The molecule has 0 aromatic heterocycles. The van der Waals surface area contributed by atoms with E-state index in [2.05, 4.69) is 15.9 Å². The molecule has 1 fully saturated rings. The molecule has 7 nitrogen and oxygen atoms in total. The van der Waals surface area contributed by atoms with Crippen LogP contribution in [-0.4, -0.2) is 56.5 Å². The molecule has 2 aliphatic heterocycles. The molecule has 0 bridgehead atoms. The summed E-state index contributed by atoms with van der Waals surface area (Å²) >= 11 is 4.49. The first kappa shape index (κ1) is 15.3. The number of halogens is 1. The Morgan fingerprint density at radius 2 is 2.30 bits per heavy atom. The lowest BCUT2D eigenvalue weighted by Gasteiger charge is -2.47. The predicted octanol–water partition coefficient (Wildman–Crippen LogP) is -0.106. The third-order valence-electron chi connectivity index (χ3n) is 2.90. The summed E-state index contributed by atoms with van der Waals surface area (Å²) in [5, 5.41) is 8.83. The van der Waals surface area contributed by atoms with Gasteiger partial charge in [0, 0.05) is 10.6 Å². The average Bonchev–Trinajstić information content (AvgIpc) is 2.41. The number of β-lactam (4-membered cyclic amide) rings is 1. The minimum Gasteiger partial charge on any atom is -0.477 e. The number of hydrogen-bond acceptors (Lipinski definition) is 6. The van der Waals surface area contributed by atoms with Gasteiger partial charge >= 0.3 is 11.9 Å². The average molecular weight is 365 g/mol. The van der Waals surface area contributed by atoms with Gasteiger partial charge in [-0.3, -0.25) is 9.69 Å². The second-order valence-electron chi connectivity index (χ2n) is 4.45. The zero-order valence-electron chi connectivity index (χ0n) is 10.5. The highest BCUT2D eigenvalue weighted by atomic mass is 79.9. The van der Waals surface area contributed by atoms with E-state index in [0.29, 0.717) is 0 Å². The Morgan fingerprint density at radius 3 is 2.85 bits per heavy atom. The van der Waals surface area contributed by atoms with Crippen LogP contribution in [0.3, 0.4) is 0 Å². The highest BCUT2D eigenvalue weighted by molar-refractivity contribution is 9.09. The van der Waals surface area contributed by atoms with E-state index in [4.69, 9.17) is 10.5 Å². The van der Waals surface area contributed by atoms with Crippen LogP contribution < -0.4 is 5.73 Å². The molecule has 0 aromatic carbocycles. The zero-order valence-corrected chi connectivity index (χ0v) is 12.9. The van der Waals surface area contributed by atoms with Crippen molar-refractivity contribution in [1.82, 2.24) is 4.90 Å². The molecule has 0 spiro atoms. The number of nitrogens with two attached hydrogens (primary N) is 1. The number of thioether (sulfide) groups is 1. The van der Waals surface area contributed by atoms with Crippen LogP contribution in [0, 0.1) is 0 Å². The van der Waals surface area contributed by atoms with Gasteiger partial charge in [-0.25, -0.2) is 9.59 Å². The summed E-state index contributed by atoms with van der Waals surface area (Å²) in [6.07, 6.45) is 0. The Bertz CT molecular complexity index is 507. The molecule has 1 amide bonds. The van der Waals surface area contributed by atoms with Crippen molar-refractivity contribution in [2.45, 2.75) is 23.2 Å². The van der Waals surface area contributed by atoms with E-state index in [0.717, 1.165) is 4.90 Å². The molecule has 3 N–H and O–H groups in total. The number of ether oxygens (including phenoxy) is 1. The van der Waals surface area contributed by atoms with E-state index < -0.39 is 29.3 Å². The normalized spacial score (nSPS) is 26.8. The molecule has 2 heterocycles. The first-order valence-electron chi connectivity index (χ1n) is 5.82. The first-order valence-corrected chi connectivity index (χ1v) is 7.79. The summed E-state index contributed by atoms with van der Waals surface area (Å²) in [5.74, 6) is -2.36. The van der Waals surface area contributed by atoms with Crippen molar-refractivity contribution in [3.8, 4) is 0 Å². The van der Waals surface area contributed by atoms with E-state index in [9.17, 15) is 19.5 Å². The van der Waals surface area contributed by atoms with E-state index in [1.54, 1.807) is 6.92 Å². The van der Waals surface area contributed by atoms with Crippen molar-refractivity contribution in [3.63, 3.8) is 0 Å². The molecule has 0 aromatic rings. The SMILES string of the molecule is CC(Br)COC(=O)C1=C(C(=O)O)N2C(=O)C(N)[C@@H]2SC1. The summed E-state index contributed by atoms with van der Waals surface area (Å²) < 4.78 is 5.00. The van der Waals surface area contributed by atoms with Crippen molar-refractivity contribution in [3.05, 3.63) is 11.3 Å². The number of rotatable bonds is 4. The largest absolute Gasteiger partial charge is 0.477 e. The molecule has 1 saturated heterocycles. The van der Waals surface area contributed by atoms with Crippen LogP contribution in [0.4, 0.5) is 0 Å². The number of nitrogens with zero attached hydrogens (tertiary/aromatic N) is 1. The van der Waals surface area contributed by atoms with Crippen molar-refractivity contribution >= 4 is 45.5 Å². The maximum absolute atomic E-state index is 11.9. The molecule has 20 heavy (non-hydrogen) atoms. The Morgan fingerprint density at radius 1 is 1.65 bits per heavy atom. The number of hydrogen-bond donors (Lipinski definition) is 2. The number of fused-ring (bicyclic) bond motifs is 1. The highest BCUT2D eigenvalue weighted by Crippen LogP contribution is 2.39. The summed E-state index contributed by atoms with van der Waals surface area (Å²) in [4.78, 5) is 36.0. The number of carbonyl (C=O) groups is 3. The number of carboxylic acids is 1. The third-order valence-corrected chi connectivity index (χ3v) is 4.47. The lowest BCUT2D eigenvalue weighted by molar-refractivity contribution is -0.149. The third kappa shape index (κ3) is 2.57. The number of carboxylic acid groups (broad SMARTS) is 1. The van der Waals surface area contributed by atoms with Gasteiger partial charge in [0.05, 0.1) is 5.57 Å². The highest BCUT2D eigenvalue weighted by Gasteiger charge is 2.52. The van der Waals surface area contributed by atoms with Crippen LogP contribution in [0.5, 0.6) is 0 Å². The summed E-state index contributed by atoms with van der Waals surface area (Å²) in [6, 6.07) is -0.713. The van der Waals surface area contributed by atoms with Crippen molar-refractivity contribution in [2.75, 3.05) is 12.4 Å².